The number of nitro groups is 1. The van der Waals surface area contributed by atoms with Crippen molar-refractivity contribution < 1.29 is 38.8 Å². The van der Waals surface area contributed by atoms with E-state index in [1.807, 2.05) is 13.0 Å². The third kappa shape index (κ3) is 6.32. The average Bonchev–Trinajstić information content (AvgIpc) is 3.63. The van der Waals surface area contributed by atoms with Crippen molar-refractivity contribution in [3.63, 3.8) is 0 Å². The number of anilines is 1. The van der Waals surface area contributed by atoms with Gasteiger partial charge in [-0.25, -0.2) is 9.42 Å². The summed E-state index contributed by atoms with van der Waals surface area (Å²) in [5.74, 6) is -0.717. The number of nitrogens with one attached hydrogen (secondary N) is 1. The smallest absolute Gasteiger partial charge is 0.337 e. The molecule has 2 saturated carbocycles. The second-order valence-corrected chi connectivity index (χ2v) is 13.1. The van der Waals surface area contributed by atoms with Crippen LogP contribution in [0, 0.1) is 32.8 Å². The number of nitrogens with zero attached hydrogens (tertiary/aromatic N) is 3. The number of ether oxygens (including phenoxy) is 2. The molecule has 13 heteroatoms. The van der Waals surface area contributed by atoms with Gasteiger partial charge < -0.3 is 25.0 Å². The lowest BCUT2D eigenvalue weighted by molar-refractivity contribution is -0.383. The largest absolute Gasteiger partial charge is 0.458 e. The van der Waals surface area contributed by atoms with Gasteiger partial charge in [-0.2, -0.15) is 0 Å². The van der Waals surface area contributed by atoms with Crippen LogP contribution in [0.4, 0.5) is 11.4 Å². The number of benzene rings is 1. The molecule has 0 radical (unpaired) electrons. The molecule has 1 aromatic heterocycles. The third-order valence-electron chi connectivity index (χ3n) is 10.5. The molecule has 3 aliphatic rings. The Hall–Kier alpha value is -3.84. The number of rotatable bonds is 12. The Kier molecular flexibility index (Phi) is 9.59. The van der Waals surface area contributed by atoms with E-state index in [0.717, 1.165) is 37.7 Å². The second kappa shape index (κ2) is 13.3. The number of fused-ring (bicyclic) bond motifs is 2. The minimum Gasteiger partial charge on any atom is -0.458 e. The Labute approximate surface area is 261 Å². The Bertz CT molecular complexity index is 1490. The first kappa shape index (κ1) is 32.6. The van der Waals surface area contributed by atoms with E-state index in [1.54, 1.807) is 6.07 Å². The minimum absolute atomic E-state index is 0.0127. The predicted molar refractivity (Wildman–Crippen MR) is 163 cm³/mol. The molecule has 6 atom stereocenters. The molecule has 3 N–H and O–H groups in total. The summed E-state index contributed by atoms with van der Waals surface area (Å²) >= 11 is 0. The van der Waals surface area contributed by atoms with E-state index in [4.69, 9.17) is 9.47 Å². The predicted octanol–water partition coefficient (Wildman–Crippen LogP) is 4.63. The first-order valence-electron chi connectivity index (χ1n) is 15.7. The van der Waals surface area contributed by atoms with Gasteiger partial charge in [-0.15, -0.1) is 0 Å². The lowest BCUT2D eigenvalue weighted by Crippen LogP contribution is -2.57. The first-order valence-corrected chi connectivity index (χ1v) is 15.7. The number of aliphatic hydroxyl groups excluding tert-OH is 2. The van der Waals surface area contributed by atoms with Crippen molar-refractivity contribution in [2.45, 2.75) is 83.8 Å². The number of hydrogen-bond acceptors (Lipinski definition) is 12. The highest BCUT2D eigenvalue weighted by molar-refractivity contribution is 5.93. The summed E-state index contributed by atoms with van der Waals surface area (Å²) in [7, 11) is 0. The van der Waals surface area contributed by atoms with E-state index in [9.17, 15) is 29.9 Å². The SMILES string of the molecule is C=C1CC[C@@H]2[C@](C)(CO)[C@H](O)CC[C@@]2(C)[C@@H]1C/C=C1/C(=O)OC[C@H]1OC(=O)CCCCCNc1ccc([N+](=O)[O-])c2nonc12. The van der Waals surface area contributed by atoms with Gasteiger partial charge in [0.1, 0.15) is 6.61 Å². The normalized spacial score (nSPS) is 30.7. The van der Waals surface area contributed by atoms with E-state index in [0.29, 0.717) is 37.1 Å². The van der Waals surface area contributed by atoms with Crippen LogP contribution < -0.4 is 5.32 Å². The fourth-order valence-corrected chi connectivity index (χ4v) is 7.80. The minimum atomic E-state index is -0.761. The molecule has 45 heavy (non-hydrogen) atoms. The van der Waals surface area contributed by atoms with Crippen molar-refractivity contribution in [1.82, 2.24) is 10.3 Å². The number of non-ortho nitro benzene ring substituents is 1. The molecule has 1 saturated heterocycles. The molecule has 0 amide bonds. The fourth-order valence-electron chi connectivity index (χ4n) is 7.80. The van der Waals surface area contributed by atoms with Gasteiger partial charge in [-0.3, -0.25) is 14.9 Å². The maximum absolute atomic E-state index is 12.7. The van der Waals surface area contributed by atoms with Crippen LogP contribution in [0.25, 0.3) is 11.0 Å². The van der Waals surface area contributed by atoms with E-state index >= 15 is 0 Å². The van der Waals surface area contributed by atoms with Crippen molar-refractivity contribution in [3.8, 4) is 0 Å². The molecule has 2 aliphatic carbocycles. The van der Waals surface area contributed by atoms with Gasteiger partial charge in [0, 0.05) is 24.4 Å². The number of aliphatic hydroxyl groups is 2. The van der Waals surface area contributed by atoms with Crippen LogP contribution in [0.15, 0.2) is 40.6 Å². The van der Waals surface area contributed by atoms with Crippen LogP contribution in [0.3, 0.4) is 0 Å². The Morgan fingerprint density at radius 1 is 1.24 bits per heavy atom. The number of unbranched alkanes of at least 4 members (excludes halogenated alkanes) is 2. The Balaban J connectivity index is 1.11. The first-order chi connectivity index (χ1) is 21.5. The van der Waals surface area contributed by atoms with Crippen LogP contribution in [-0.2, 0) is 19.1 Å². The number of carbonyl (C=O) groups excluding carboxylic acids is 2. The zero-order valence-corrected chi connectivity index (χ0v) is 25.8. The zero-order valence-electron chi connectivity index (χ0n) is 25.8. The van der Waals surface area contributed by atoms with Crippen LogP contribution in [0.2, 0.25) is 0 Å². The van der Waals surface area contributed by atoms with Gasteiger partial charge in [0.15, 0.2) is 11.6 Å². The highest BCUT2D eigenvalue weighted by Gasteiger charge is 2.57. The summed E-state index contributed by atoms with van der Waals surface area (Å²) in [6, 6.07) is 2.91. The van der Waals surface area contributed by atoms with Crippen LogP contribution >= 0.6 is 0 Å². The molecule has 0 bridgehead atoms. The van der Waals surface area contributed by atoms with Crippen molar-refractivity contribution in [1.29, 1.82) is 0 Å². The van der Waals surface area contributed by atoms with Crippen molar-refractivity contribution in [2.24, 2.45) is 22.7 Å². The summed E-state index contributed by atoms with van der Waals surface area (Å²) in [4.78, 5) is 35.9. The summed E-state index contributed by atoms with van der Waals surface area (Å²) in [5.41, 5.74) is 1.43. The van der Waals surface area contributed by atoms with Crippen LogP contribution in [0.1, 0.15) is 71.6 Å². The lowest BCUT2D eigenvalue weighted by Gasteiger charge is -2.59. The molecule has 0 unspecified atom stereocenters. The maximum Gasteiger partial charge on any atom is 0.337 e. The van der Waals surface area contributed by atoms with Crippen molar-refractivity contribution >= 4 is 34.3 Å². The third-order valence-corrected chi connectivity index (χ3v) is 10.5. The summed E-state index contributed by atoms with van der Waals surface area (Å²) in [6.45, 7) is 8.99. The number of aromatic nitrogens is 2. The molecule has 1 aromatic carbocycles. The number of hydrogen-bond donors (Lipinski definition) is 3. The van der Waals surface area contributed by atoms with Gasteiger partial charge in [-0.05, 0) is 78.6 Å². The van der Waals surface area contributed by atoms with Crippen molar-refractivity contribution in [2.75, 3.05) is 25.1 Å². The topological polar surface area (TPSA) is 187 Å². The number of cyclic esters (lactones) is 1. The number of carbonyl (C=O) groups is 2. The molecule has 1 aliphatic heterocycles. The Morgan fingerprint density at radius 2 is 2.02 bits per heavy atom. The summed E-state index contributed by atoms with van der Waals surface area (Å²) in [5, 5.41) is 42.7. The molecule has 13 nitrogen and oxygen atoms in total. The highest BCUT2D eigenvalue weighted by Crippen LogP contribution is 2.61. The number of allylic oxidation sites excluding steroid dienone is 2. The van der Waals surface area contributed by atoms with Crippen LogP contribution in [-0.4, -0.2) is 69.4 Å². The average molecular weight is 627 g/mol. The van der Waals surface area contributed by atoms with Gasteiger partial charge in [0.25, 0.3) is 0 Å². The van der Waals surface area contributed by atoms with E-state index in [-0.39, 0.29) is 53.6 Å². The van der Waals surface area contributed by atoms with E-state index in [2.05, 4.69) is 33.8 Å². The molecule has 244 valence electrons. The van der Waals surface area contributed by atoms with Gasteiger partial charge in [-0.1, -0.05) is 38.5 Å². The maximum atomic E-state index is 12.7. The van der Waals surface area contributed by atoms with Crippen LogP contribution in [0.5, 0.6) is 0 Å². The quantitative estimate of drug-likeness (QED) is 0.0741. The zero-order chi connectivity index (χ0) is 32.4. The molecule has 2 aromatic rings. The van der Waals surface area contributed by atoms with Crippen molar-refractivity contribution in [3.05, 3.63) is 46.0 Å². The van der Waals surface area contributed by atoms with Gasteiger partial charge in [0.05, 0.1) is 28.9 Å². The monoisotopic (exact) mass is 626 g/mol. The van der Waals surface area contributed by atoms with Gasteiger partial charge in [0.2, 0.25) is 5.52 Å². The van der Waals surface area contributed by atoms with Gasteiger partial charge >= 0.3 is 17.6 Å². The summed E-state index contributed by atoms with van der Waals surface area (Å²) < 4.78 is 15.6. The number of esters is 2. The molecule has 2 heterocycles. The molecule has 5 rings (SSSR count). The molecular weight excluding hydrogens is 584 g/mol. The lowest BCUT2D eigenvalue weighted by atomic mass is 9.46. The summed E-state index contributed by atoms with van der Waals surface area (Å²) in [6.07, 6.45) is 6.33. The molecule has 0 spiro atoms. The fraction of sp³-hybridized carbons (Fsp3) is 0.625. The van der Waals surface area contributed by atoms with E-state index in [1.165, 1.54) is 6.07 Å². The second-order valence-electron chi connectivity index (χ2n) is 13.1. The Morgan fingerprint density at radius 3 is 2.78 bits per heavy atom. The molecular formula is C32H42N4O9. The molecule has 3 fully saturated rings. The number of nitro benzene ring substituents is 1. The standard InChI is InChI=1S/C32H42N4O9/c1-19-8-13-25-31(2,15-14-26(38)32(25,3)18-37)21(19)10-9-20-24(17-43-30(20)40)44-27(39)7-5-4-6-16-33-22-11-12-23(36(41)42)29-28(22)34-45-35-29/h9,11-12,21,24-26,33,37-38H,1,4-8,10,13-18H2,2-3H3/b20-9+/t21-,24-,25+,26-,31+,32+/m1/s1. The van der Waals surface area contributed by atoms with E-state index < -0.39 is 34.5 Å². The highest BCUT2D eigenvalue weighted by atomic mass is 16.6.